The Hall–Kier alpha value is -3.42. The van der Waals surface area contributed by atoms with E-state index in [9.17, 15) is 14.7 Å². The molecule has 8 nitrogen and oxygen atoms in total. The second kappa shape index (κ2) is 8.61. The smallest absolute Gasteiger partial charge is 0.260 e. The van der Waals surface area contributed by atoms with Crippen molar-refractivity contribution in [3.63, 3.8) is 0 Å². The van der Waals surface area contributed by atoms with Gasteiger partial charge in [0.1, 0.15) is 34.2 Å². The lowest BCUT2D eigenvalue weighted by Gasteiger charge is -2.36. The van der Waals surface area contributed by atoms with Gasteiger partial charge in [0.05, 0.1) is 19.2 Å². The molecule has 4 rings (SSSR count). The monoisotopic (exact) mass is 440 g/mol. The van der Waals surface area contributed by atoms with Crippen LogP contribution in [-0.4, -0.2) is 67.2 Å². The summed E-state index contributed by atoms with van der Waals surface area (Å²) in [5.41, 5.74) is 0.516. The van der Waals surface area contributed by atoms with E-state index in [-0.39, 0.29) is 47.5 Å². The van der Waals surface area contributed by atoms with Crippen LogP contribution in [0.1, 0.15) is 30.6 Å². The van der Waals surface area contributed by atoms with Gasteiger partial charge in [-0.05, 0) is 26.0 Å². The second-order valence-corrected chi connectivity index (χ2v) is 8.61. The van der Waals surface area contributed by atoms with E-state index in [1.165, 1.54) is 6.07 Å². The fourth-order valence-corrected chi connectivity index (χ4v) is 4.15. The summed E-state index contributed by atoms with van der Waals surface area (Å²) in [7, 11) is 1.65. The van der Waals surface area contributed by atoms with Crippen LogP contribution in [0.2, 0.25) is 0 Å². The summed E-state index contributed by atoms with van der Waals surface area (Å²) in [5.74, 6) is 0.859. The van der Waals surface area contributed by atoms with Crippen LogP contribution in [-0.2, 0) is 4.79 Å². The number of fused-ring (bicyclic) bond motifs is 1. The van der Waals surface area contributed by atoms with Crippen molar-refractivity contribution < 1.29 is 28.9 Å². The van der Waals surface area contributed by atoms with Crippen LogP contribution in [0.25, 0.3) is 0 Å². The number of aromatic hydroxyl groups is 1. The third-order valence-electron chi connectivity index (χ3n) is 5.73. The van der Waals surface area contributed by atoms with Crippen molar-refractivity contribution in [1.82, 2.24) is 4.90 Å². The summed E-state index contributed by atoms with van der Waals surface area (Å²) in [4.78, 5) is 29.0. The SMILES string of the molecule is COc1ccccc1N1CCN(C(=O)COc2cc(O)c3c(c2)OC(C)(C)CC3=O)CC1. The van der Waals surface area contributed by atoms with Gasteiger partial charge in [-0.15, -0.1) is 0 Å². The quantitative estimate of drug-likeness (QED) is 0.765. The Balaban J connectivity index is 1.36. The maximum Gasteiger partial charge on any atom is 0.260 e. The summed E-state index contributed by atoms with van der Waals surface area (Å²) in [6.45, 7) is 5.99. The number of piperazine rings is 1. The predicted molar refractivity (Wildman–Crippen MR) is 119 cm³/mol. The van der Waals surface area contributed by atoms with Crippen molar-refractivity contribution in [2.75, 3.05) is 44.8 Å². The number of carbonyl (C=O) groups excluding carboxylic acids is 2. The first-order chi connectivity index (χ1) is 15.3. The first-order valence-corrected chi connectivity index (χ1v) is 10.7. The van der Waals surface area contributed by atoms with E-state index in [1.54, 1.807) is 18.1 Å². The average Bonchev–Trinajstić information content (AvgIpc) is 2.76. The number of benzene rings is 2. The van der Waals surface area contributed by atoms with Gasteiger partial charge >= 0.3 is 0 Å². The number of phenols is 1. The number of amides is 1. The Labute approximate surface area is 187 Å². The molecule has 0 spiro atoms. The lowest BCUT2D eigenvalue weighted by Crippen LogP contribution is -2.50. The van der Waals surface area contributed by atoms with Crippen LogP contribution in [0.4, 0.5) is 5.69 Å². The maximum atomic E-state index is 12.7. The number of hydrogen-bond donors (Lipinski definition) is 1. The third-order valence-corrected chi connectivity index (χ3v) is 5.73. The molecule has 1 fully saturated rings. The van der Waals surface area contributed by atoms with Gasteiger partial charge in [-0.2, -0.15) is 0 Å². The molecule has 2 aromatic rings. The van der Waals surface area contributed by atoms with Gasteiger partial charge in [-0.1, -0.05) is 12.1 Å². The summed E-state index contributed by atoms with van der Waals surface area (Å²) < 4.78 is 16.9. The third kappa shape index (κ3) is 4.44. The van der Waals surface area contributed by atoms with Crippen LogP contribution in [0, 0.1) is 0 Å². The van der Waals surface area contributed by atoms with Crippen LogP contribution < -0.4 is 19.1 Å². The zero-order valence-corrected chi connectivity index (χ0v) is 18.6. The topological polar surface area (TPSA) is 88.5 Å². The maximum absolute atomic E-state index is 12.7. The van der Waals surface area contributed by atoms with Gasteiger partial charge in [0.2, 0.25) is 0 Å². The highest BCUT2D eigenvalue weighted by molar-refractivity contribution is 6.03. The lowest BCUT2D eigenvalue weighted by molar-refractivity contribution is -0.133. The van der Waals surface area contributed by atoms with Crippen molar-refractivity contribution in [3.05, 3.63) is 42.0 Å². The van der Waals surface area contributed by atoms with E-state index in [2.05, 4.69) is 4.90 Å². The normalized spacial score (nSPS) is 17.4. The van der Waals surface area contributed by atoms with E-state index in [4.69, 9.17) is 14.2 Å². The van der Waals surface area contributed by atoms with Crippen molar-refractivity contribution in [2.24, 2.45) is 0 Å². The molecule has 0 unspecified atom stereocenters. The molecule has 0 aromatic heterocycles. The molecule has 2 aromatic carbocycles. The highest BCUT2D eigenvalue weighted by Crippen LogP contribution is 2.41. The fraction of sp³-hybridized carbons (Fsp3) is 0.417. The molecule has 170 valence electrons. The molecule has 1 N–H and O–H groups in total. The summed E-state index contributed by atoms with van der Waals surface area (Å²) in [5, 5.41) is 10.3. The van der Waals surface area contributed by atoms with E-state index in [1.807, 2.05) is 38.1 Å². The molecular weight excluding hydrogens is 412 g/mol. The largest absolute Gasteiger partial charge is 0.507 e. The van der Waals surface area contributed by atoms with Crippen molar-refractivity contribution in [1.29, 1.82) is 0 Å². The minimum Gasteiger partial charge on any atom is -0.507 e. The van der Waals surface area contributed by atoms with Crippen LogP contribution in [0.3, 0.4) is 0 Å². The Morgan fingerprint density at radius 3 is 2.59 bits per heavy atom. The minimum atomic E-state index is -0.661. The van der Waals surface area contributed by atoms with Crippen LogP contribution in [0.5, 0.6) is 23.0 Å². The number of phenolic OH excluding ortho intramolecular Hbond substituents is 1. The summed E-state index contributed by atoms with van der Waals surface area (Å²) >= 11 is 0. The number of nitrogens with zero attached hydrogens (tertiary/aromatic N) is 2. The first kappa shape index (κ1) is 21.8. The van der Waals surface area contributed by atoms with Crippen LogP contribution >= 0.6 is 0 Å². The molecule has 8 heteroatoms. The average molecular weight is 440 g/mol. The number of ketones is 1. The molecule has 0 bridgehead atoms. The first-order valence-electron chi connectivity index (χ1n) is 10.7. The molecule has 0 aliphatic carbocycles. The summed E-state index contributed by atoms with van der Waals surface area (Å²) in [6, 6.07) is 10.7. The van der Waals surface area contributed by atoms with Crippen molar-refractivity contribution >= 4 is 17.4 Å². The fourth-order valence-electron chi connectivity index (χ4n) is 4.15. The number of rotatable bonds is 5. The zero-order chi connectivity index (χ0) is 22.9. The predicted octanol–water partition coefficient (Wildman–Crippen LogP) is 2.87. The Kier molecular flexibility index (Phi) is 5.86. The molecule has 0 atom stereocenters. The highest BCUT2D eigenvalue weighted by atomic mass is 16.5. The van der Waals surface area contributed by atoms with Gasteiger partial charge in [0.25, 0.3) is 5.91 Å². The number of methoxy groups -OCH3 is 1. The molecule has 0 saturated carbocycles. The Bertz CT molecular complexity index is 1030. The standard InChI is InChI=1S/C24H28N2O6/c1-24(2)14-19(28)23-18(27)12-16(13-21(23)32-24)31-15-22(29)26-10-8-25(9-11-26)17-6-4-5-7-20(17)30-3/h4-7,12-13,27H,8-11,14-15H2,1-3H3. The second-order valence-electron chi connectivity index (χ2n) is 8.61. The number of hydrogen-bond acceptors (Lipinski definition) is 7. The highest BCUT2D eigenvalue weighted by Gasteiger charge is 2.35. The van der Waals surface area contributed by atoms with E-state index in [0.717, 1.165) is 11.4 Å². The van der Waals surface area contributed by atoms with E-state index < -0.39 is 5.60 Å². The van der Waals surface area contributed by atoms with Gasteiger partial charge < -0.3 is 29.1 Å². The molecule has 1 amide bonds. The molecule has 32 heavy (non-hydrogen) atoms. The Morgan fingerprint density at radius 2 is 1.88 bits per heavy atom. The zero-order valence-electron chi connectivity index (χ0n) is 18.6. The molecule has 2 heterocycles. The minimum absolute atomic E-state index is 0.140. The molecule has 2 aliphatic heterocycles. The van der Waals surface area contributed by atoms with E-state index >= 15 is 0 Å². The van der Waals surface area contributed by atoms with Gasteiger partial charge in [0.15, 0.2) is 12.4 Å². The van der Waals surface area contributed by atoms with Gasteiger partial charge in [0, 0.05) is 38.3 Å². The lowest BCUT2D eigenvalue weighted by atomic mass is 9.92. The Morgan fingerprint density at radius 1 is 1.16 bits per heavy atom. The number of Topliss-reactive ketones (excluding diaryl/α,β-unsaturated/α-hetero) is 1. The van der Waals surface area contributed by atoms with Gasteiger partial charge in [-0.3, -0.25) is 9.59 Å². The van der Waals surface area contributed by atoms with Gasteiger partial charge in [-0.25, -0.2) is 0 Å². The number of para-hydroxylation sites is 2. The molecule has 2 aliphatic rings. The van der Waals surface area contributed by atoms with E-state index in [0.29, 0.717) is 26.2 Å². The van der Waals surface area contributed by atoms with Crippen molar-refractivity contribution in [3.8, 4) is 23.0 Å². The van der Waals surface area contributed by atoms with Crippen molar-refractivity contribution in [2.45, 2.75) is 25.9 Å². The number of anilines is 1. The summed E-state index contributed by atoms with van der Waals surface area (Å²) in [6.07, 6.45) is 0.188. The number of ether oxygens (including phenoxy) is 3. The molecule has 1 saturated heterocycles. The number of carbonyl (C=O) groups is 2. The molecule has 0 radical (unpaired) electrons. The molecular formula is C24H28N2O6. The van der Waals surface area contributed by atoms with Crippen LogP contribution in [0.15, 0.2) is 36.4 Å².